The van der Waals surface area contributed by atoms with Gasteiger partial charge in [0.1, 0.15) is 0 Å². The molecule has 178 valence electrons. The zero-order valence-electron chi connectivity index (χ0n) is 18.2. The van der Waals surface area contributed by atoms with Crippen molar-refractivity contribution >= 4 is 30.7 Å². The van der Waals surface area contributed by atoms with Crippen LogP contribution in [-0.2, 0) is 6.54 Å². The Kier molecular flexibility index (Phi) is 11.1. The molecule has 4 nitrogen and oxygen atoms in total. The summed E-state index contributed by atoms with van der Waals surface area (Å²) in [5.74, 6) is -0.571. The van der Waals surface area contributed by atoms with Crippen LogP contribution in [0.2, 0.25) is 0 Å². The summed E-state index contributed by atoms with van der Waals surface area (Å²) in [5.41, 5.74) is 1.60. The van der Waals surface area contributed by atoms with Crippen LogP contribution in [0.1, 0.15) is 42.6 Å². The van der Waals surface area contributed by atoms with E-state index in [0.717, 1.165) is 38.3 Å². The molecule has 1 amide bonds. The second kappa shape index (κ2) is 12.3. The maximum Gasteiger partial charge on any atom is 0.393 e. The van der Waals surface area contributed by atoms with Gasteiger partial charge in [-0.15, -0.1) is 24.8 Å². The largest absolute Gasteiger partial charge is 0.393 e. The zero-order valence-corrected chi connectivity index (χ0v) is 19.9. The Labute approximate surface area is 196 Å². The van der Waals surface area contributed by atoms with Crippen LogP contribution in [0.15, 0.2) is 24.3 Å². The first kappa shape index (κ1) is 28.0. The normalized spacial score (nSPS) is 20.8. The van der Waals surface area contributed by atoms with Crippen molar-refractivity contribution in [2.75, 3.05) is 45.8 Å². The first-order valence-corrected chi connectivity index (χ1v) is 10.6. The number of piperidine rings is 1. The fourth-order valence-corrected chi connectivity index (χ4v) is 4.31. The number of rotatable bonds is 5. The molecular formula is C22H34Cl2F3N3O. The topological polar surface area (TPSA) is 26.8 Å². The highest BCUT2D eigenvalue weighted by atomic mass is 35.5. The first-order chi connectivity index (χ1) is 13.7. The SMILES string of the molecule is CC(C)CN1CCN(C(=O)c2ccc(CN3CCCC(C(F)(F)F)C3)cc2)CC1.Cl.Cl. The van der Waals surface area contributed by atoms with Crippen LogP contribution < -0.4 is 0 Å². The van der Waals surface area contributed by atoms with Gasteiger partial charge >= 0.3 is 6.18 Å². The molecule has 1 atom stereocenters. The molecule has 0 N–H and O–H groups in total. The third-order valence-electron chi connectivity index (χ3n) is 5.86. The molecule has 0 aromatic heterocycles. The second-order valence-corrected chi connectivity index (χ2v) is 8.80. The summed E-state index contributed by atoms with van der Waals surface area (Å²) < 4.78 is 39.0. The molecule has 1 aromatic rings. The van der Waals surface area contributed by atoms with E-state index in [2.05, 4.69) is 18.7 Å². The second-order valence-electron chi connectivity index (χ2n) is 8.80. The molecule has 0 spiro atoms. The van der Waals surface area contributed by atoms with Gasteiger partial charge in [0.25, 0.3) is 5.91 Å². The molecule has 9 heteroatoms. The number of amides is 1. The fraction of sp³-hybridized carbons (Fsp3) is 0.682. The van der Waals surface area contributed by atoms with E-state index in [-0.39, 0.29) is 43.7 Å². The summed E-state index contributed by atoms with van der Waals surface area (Å²) in [6.07, 6.45) is -3.32. The first-order valence-electron chi connectivity index (χ1n) is 10.6. The Morgan fingerprint density at radius 1 is 1.00 bits per heavy atom. The third-order valence-corrected chi connectivity index (χ3v) is 5.86. The lowest BCUT2D eigenvalue weighted by Gasteiger charge is -2.35. The lowest BCUT2D eigenvalue weighted by atomic mass is 9.97. The molecule has 2 aliphatic heterocycles. The average Bonchev–Trinajstić information content (AvgIpc) is 2.68. The Balaban J connectivity index is 0.00000240. The minimum Gasteiger partial charge on any atom is -0.336 e. The van der Waals surface area contributed by atoms with Crippen LogP contribution in [0.5, 0.6) is 0 Å². The van der Waals surface area contributed by atoms with Crippen molar-refractivity contribution in [1.82, 2.24) is 14.7 Å². The maximum absolute atomic E-state index is 13.0. The molecule has 31 heavy (non-hydrogen) atoms. The predicted molar refractivity (Wildman–Crippen MR) is 122 cm³/mol. The zero-order chi connectivity index (χ0) is 21.0. The number of alkyl halides is 3. The van der Waals surface area contributed by atoms with Crippen molar-refractivity contribution < 1.29 is 18.0 Å². The lowest BCUT2D eigenvalue weighted by molar-refractivity contribution is -0.187. The Morgan fingerprint density at radius 3 is 2.16 bits per heavy atom. The quantitative estimate of drug-likeness (QED) is 0.606. The lowest BCUT2D eigenvalue weighted by Crippen LogP contribution is -2.49. The number of hydrogen-bond donors (Lipinski definition) is 0. The summed E-state index contributed by atoms with van der Waals surface area (Å²) in [6, 6.07) is 7.37. The highest BCUT2D eigenvalue weighted by Gasteiger charge is 2.41. The van der Waals surface area contributed by atoms with Gasteiger partial charge in [-0.2, -0.15) is 13.2 Å². The molecule has 2 saturated heterocycles. The van der Waals surface area contributed by atoms with E-state index in [1.165, 1.54) is 0 Å². The summed E-state index contributed by atoms with van der Waals surface area (Å²) >= 11 is 0. The van der Waals surface area contributed by atoms with Gasteiger partial charge in [0, 0.05) is 51.4 Å². The van der Waals surface area contributed by atoms with Gasteiger partial charge < -0.3 is 4.90 Å². The summed E-state index contributed by atoms with van der Waals surface area (Å²) in [5, 5.41) is 0. The molecule has 3 rings (SSSR count). The molecule has 0 radical (unpaired) electrons. The smallest absolute Gasteiger partial charge is 0.336 e. The van der Waals surface area contributed by atoms with Crippen molar-refractivity contribution in [3.63, 3.8) is 0 Å². The third kappa shape index (κ3) is 8.12. The van der Waals surface area contributed by atoms with Crippen LogP contribution in [0, 0.1) is 11.8 Å². The van der Waals surface area contributed by atoms with Crippen molar-refractivity contribution in [1.29, 1.82) is 0 Å². The maximum atomic E-state index is 13.0. The number of halogens is 5. The standard InChI is InChI=1S/C22H32F3N3O.2ClH/c1-17(2)14-26-10-12-28(13-11-26)21(29)19-7-5-18(6-8-19)15-27-9-3-4-20(16-27)22(23,24)25;;/h5-8,17,20H,3-4,9-16H2,1-2H3;2*1H. The molecule has 2 heterocycles. The van der Waals surface area contributed by atoms with Gasteiger partial charge in [-0.1, -0.05) is 26.0 Å². The number of benzene rings is 1. The molecule has 0 bridgehead atoms. The van der Waals surface area contributed by atoms with Crippen LogP contribution in [0.4, 0.5) is 13.2 Å². The molecule has 2 aliphatic rings. The average molecular weight is 484 g/mol. The van der Waals surface area contributed by atoms with Crippen LogP contribution >= 0.6 is 24.8 Å². The van der Waals surface area contributed by atoms with Crippen molar-refractivity contribution in [3.05, 3.63) is 35.4 Å². The van der Waals surface area contributed by atoms with Crippen LogP contribution in [0.25, 0.3) is 0 Å². The van der Waals surface area contributed by atoms with Gasteiger partial charge in [0.05, 0.1) is 5.92 Å². The van der Waals surface area contributed by atoms with E-state index in [4.69, 9.17) is 0 Å². The Hall–Kier alpha value is -1.02. The number of piperazine rings is 1. The highest BCUT2D eigenvalue weighted by Crippen LogP contribution is 2.33. The van der Waals surface area contributed by atoms with Crippen molar-refractivity contribution in [2.45, 2.75) is 39.4 Å². The van der Waals surface area contributed by atoms with Gasteiger partial charge in [-0.25, -0.2) is 0 Å². The fourth-order valence-electron chi connectivity index (χ4n) is 4.31. The van der Waals surface area contributed by atoms with Gasteiger partial charge in [-0.05, 0) is 43.0 Å². The summed E-state index contributed by atoms with van der Waals surface area (Å²) in [6.45, 7) is 9.98. The molecular weight excluding hydrogens is 450 g/mol. The minimum atomic E-state index is -4.12. The van der Waals surface area contributed by atoms with Crippen molar-refractivity contribution in [3.8, 4) is 0 Å². The van der Waals surface area contributed by atoms with Gasteiger partial charge in [0.15, 0.2) is 0 Å². The van der Waals surface area contributed by atoms with E-state index in [0.29, 0.717) is 31.0 Å². The van der Waals surface area contributed by atoms with E-state index in [9.17, 15) is 18.0 Å². The van der Waals surface area contributed by atoms with Crippen LogP contribution in [-0.4, -0.2) is 72.6 Å². The molecule has 1 aromatic carbocycles. The molecule has 2 fully saturated rings. The highest BCUT2D eigenvalue weighted by molar-refractivity contribution is 5.94. The Morgan fingerprint density at radius 2 is 1.61 bits per heavy atom. The summed E-state index contributed by atoms with van der Waals surface area (Å²) in [4.78, 5) is 18.9. The molecule has 0 aliphatic carbocycles. The monoisotopic (exact) mass is 483 g/mol. The number of nitrogens with zero attached hydrogens (tertiary/aromatic N) is 3. The Bertz CT molecular complexity index is 678. The molecule has 0 saturated carbocycles. The summed E-state index contributed by atoms with van der Waals surface area (Å²) in [7, 11) is 0. The number of likely N-dealkylation sites (tertiary alicyclic amines) is 1. The van der Waals surface area contributed by atoms with E-state index < -0.39 is 12.1 Å². The van der Waals surface area contributed by atoms with E-state index in [1.54, 1.807) is 0 Å². The predicted octanol–water partition coefficient (Wildman–Crippen LogP) is 4.72. The van der Waals surface area contributed by atoms with Crippen LogP contribution in [0.3, 0.4) is 0 Å². The number of hydrogen-bond acceptors (Lipinski definition) is 3. The number of carbonyl (C=O) groups excluding carboxylic acids is 1. The van der Waals surface area contributed by atoms with Gasteiger partial charge in [0.2, 0.25) is 0 Å². The van der Waals surface area contributed by atoms with Gasteiger partial charge in [-0.3, -0.25) is 14.6 Å². The van der Waals surface area contributed by atoms with E-state index >= 15 is 0 Å². The molecule has 1 unspecified atom stereocenters. The minimum absolute atomic E-state index is 0. The van der Waals surface area contributed by atoms with E-state index in [1.807, 2.05) is 34.1 Å². The van der Waals surface area contributed by atoms with Crippen molar-refractivity contribution in [2.24, 2.45) is 11.8 Å². The number of carbonyl (C=O) groups is 1.